The van der Waals surface area contributed by atoms with Crippen molar-refractivity contribution in [3.8, 4) is 0 Å². The van der Waals surface area contributed by atoms with Crippen molar-refractivity contribution in [2.24, 2.45) is 0 Å². The number of anilines is 1. The summed E-state index contributed by atoms with van der Waals surface area (Å²) in [6.07, 6.45) is 3.35. The van der Waals surface area contributed by atoms with Crippen LogP contribution >= 0.6 is 0 Å². The van der Waals surface area contributed by atoms with Crippen LogP contribution in [-0.2, 0) is 11.8 Å². The zero-order valence-corrected chi connectivity index (χ0v) is 12.4. The van der Waals surface area contributed by atoms with Gasteiger partial charge in [0.05, 0.1) is 0 Å². The lowest BCUT2D eigenvalue weighted by molar-refractivity contribution is 0.637. The predicted molar refractivity (Wildman–Crippen MR) is 86.1 cm³/mol. The average Bonchev–Trinajstić information content (AvgIpc) is 2.66. The smallest absolute Gasteiger partial charge is 0.0447 e. The van der Waals surface area contributed by atoms with Crippen LogP contribution in [0.5, 0.6) is 0 Å². The number of likely N-dealkylation sites (N-methyl/N-ethyl adjacent to an activating group) is 1. The molecule has 0 N–H and O–H groups in total. The van der Waals surface area contributed by atoms with E-state index >= 15 is 0 Å². The Balaban J connectivity index is 1.95. The van der Waals surface area contributed by atoms with E-state index in [4.69, 9.17) is 0 Å². The molecule has 0 amide bonds. The fourth-order valence-electron chi connectivity index (χ4n) is 3.20. The highest BCUT2D eigenvalue weighted by Gasteiger charge is 2.37. The fraction of sp³-hybridized carbons (Fsp3) is 0.263. The quantitative estimate of drug-likeness (QED) is 0.769. The molecule has 0 aliphatic carbocycles. The van der Waals surface area contributed by atoms with Crippen LogP contribution in [0.3, 0.4) is 0 Å². The van der Waals surface area contributed by atoms with Gasteiger partial charge in [-0.15, -0.1) is 0 Å². The fourth-order valence-corrected chi connectivity index (χ4v) is 3.20. The van der Waals surface area contributed by atoms with Gasteiger partial charge in [-0.05, 0) is 23.6 Å². The number of hydrogen-bond acceptors (Lipinski definition) is 1. The normalized spacial score (nSPS) is 18.4. The van der Waals surface area contributed by atoms with Crippen LogP contribution in [0.4, 0.5) is 5.69 Å². The van der Waals surface area contributed by atoms with Gasteiger partial charge in [0.25, 0.3) is 0 Å². The largest absolute Gasteiger partial charge is 0.347 e. The second-order valence-corrected chi connectivity index (χ2v) is 5.98. The summed E-state index contributed by atoms with van der Waals surface area (Å²) in [5.74, 6) is 0. The van der Waals surface area contributed by atoms with Gasteiger partial charge in [0, 0.05) is 23.8 Å². The van der Waals surface area contributed by atoms with Crippen LogP contribution in [0.2, 0.25) is 0 Å². The number of para-hydroxylation sites is 1. The number of benzene rings is 2. The first-order valence-electron chi connectivity index (χ1n) is 7.18. The Hall–Kier alpha value is -2.02. The third kappa shape index (κ3) is 2.03. The Morgan fingerprint density at radius 1 is 0.950 bits per heavy atom. The summed E-state index contributed by atoms with van der Waals surface area (Å²) in [6, 6.07) is 19.4. The maximum Gasteiger partial charge on any atom is 0.0447 e. The Labute approximate surface area is 121 Å². The summed E-state index contributed by atoms with van der Waals surface area (Å²) in [6.45, 7) is 4.62. The second kappa shape index (κ2) is 4.82. The summed E-state index contributed by atoms with van der Waals surface area (Å²) in [4.78, 5) is 2.33. The number of allylic oxidation sites excluding steroid dienone is 2. The summed E-state index contributed by atoms with van der Waals surface area (Å²) in [7, 11) is 2.17. The van der Waals surface area contributed by atoms with E-state index in [2.05, 4.69) is 86.5 Å². The van der Waals surface area contributed by atoms with E-state index in [1.165, 1.54) is 22.5 Å². The molecule has 0 unspecified atom stereocenters. The topological polar surface area (TPSA) is 3.24 Å². The van der Waals surface area contributed by atoms with Crippen molar-refractivity contribution >= 4 is 5.69 Å². The molecule has 2 aromatic carbocycles. The van der Waals surface area contributed by atoms with E-state index in [-0.39, 0.29) is 5.41 Å². The minimum absolute atomic E-state index is 0.0835. The predicted octanol–water partition coefficient (Wildman–Crippen LogP) is 4.54. The minimum Gasteiger partial charge on any atom is -0.347 e. The molecule has 0 spiro atoms. The molecule has 0 atom stereocenters. The van der Waals surface area contributed by atoms with Crippen LogP contribution in [0.1, 0.15) is 25.0 Å². The van der Waals surface area contributed by atoms with Crippen molar-refractivity contribution in [2.75, 3.05) is 11.9 Å². The van der Waals surface area contributed by atoms with E-state index < -0.39 is 0 Å². The molecule has 1 aliphatic heterocycles. The Morgan fingerprint density at radius 2 is 1.60 bits per heavy atom. The van der Waals surface area contributed by atoms with Gasteiger partial charge in [0.1, 0.15) is 0 Å². The molecule has 1 aliphatic rings. The molecule has 0 fully saturated rings. The molecule has 2 aromatic rings. The molecule has 20 heavy (non-hydrogen) atoms. The Bertz CT molecular complexity index is 638. The van der Waals surface area contributed by atoms with E-state index in [0.717, 1.165) is 6.42 Å². The average molecular weight is 263 g/mol. The SMILES string of the molecule is CN1/C(=C\Cc2ccccc2)C(C)(C)c2ccccc21. The van der Waals surface area contributed by atoms with Crippen molar-refractivity contribution in [2.45, 2.75) is 25.7 Å². The first kappa shape index (κ1) is 13.0. The second-order valence-electron chi connectivity index (χ2n) is 5.98. The first-order chi connectivity index (χ1) is 9.60. The summed E-state index contributed by atoms with van der Waals surface area (Å²) < 4.78 is 0. The zero-order chi connectivity index (χ0) is 14.2. The Kier molecular flexibility index (Phi) is 3.13. The van der Waals surface area contributed by atoms with Crippen molar-refractivity contribution in [3.63, 3.8) is 0 Å². The number of fused-ring (bicyclic) bond motifs is 1. The zero-order valence-electron chi connectivity index (χ0n) is 12.4. The van der Waals surface area contributed by atoms with Gasteiger partial charge in [-0.3, -0.25) is 0 Å². The highest BCUT2D eigenvalue weighted by atomic mass is 15.2. The lowest BCUT2D eigenvalue weighted by atomic mass is 9.83. The lowest BCUT2D eigenvalue weighted by Crippen LogP contribution is -2.23. The van der Waals surface area contributed by atoms with Gasteiger partial charge in [-0.1, -0.05) is 68.5 Å². The summed E-state index contributed by atoms with van der Waals surface area (Å²) in [5, 5.41) is 0. The Morgan fingerprint density at radius 3 is 2.30 bits per heavy atom. The van der Waals surface area contributed by atoms with Crippen molar-refractivity contribution < 1.29 is 0 Å². The van der Waals surface area contributed by atoms with Gasteiger partial charge in [0.15, 0.2) is 0 Å². The molecule has 3 rings (SSSR count). The monoisotopic (exact) mass is 263 g/mol. The van der Waals surface area contributed by atoms with Crippen LogP contribution in [-0.4, -0.2) is 7.05 Å². The van der Waals surface area contributed by atoms with Crippen LogP contribution in [0, 0.1) is 0 Å². The molecule has 0 radical (unpaired) electrons. The third-order valence-electron chi connectivity index (χ3n) is 4.31. The van der Waals surface area contributed by atoms with Crippen LogP contribution in [0.25, 0.3) is 0 Å². The van der Waals surface area contributed by atoms with Gasteiger partial charge in [0.2, 0.25) is 0 Å². The van der Waals surface area contributed by atoms with Gasteiger partial charge in [-0.25, -0.2) is 0 Å². The molecule has 0 saturated carbocycles. The maximum atomic E-state index is 2.37. The highest BCUT2D eigenvalue weighted by Crippen LogP contribution is 2.46. The molecular formula is C19H21N. The minimum atomic E-state index is 0.0835. The van der Waals surface area contributed by atoms with Gasteiger partial charge < -0.3 is 4.90 Å². The summed E-state index contributed by atoms with van der Waals surface area (Å²) in [5.41, 5.74) is 5.58. The molecule has 102 valence electrons. The molecule has 0 bridgehead atoms. The van der Waals surface area contributed by atoms with Crippen molar-refractivity contribution in [1.29, 1.82) is 0 Å². The molecule has 1 nitrogen and oxygen atoms in total. The number of hydrogen-bond donors (Lipinski definition) is 0. The van der Waals surface area contributed by atoms with E-state index in [1.54, 1.807) is 0 Å². The van der Waals surface area contributed by atoms with Gasteiger partial charge >= 0.3 is 0 Å². The van der Waals surface area contributed by atoms with Gasteiger partial charge in [-0.2, -0.15) is 0 Å². The highest BCUT2D eigenvalue weighted by molar-refractivity contribution is 5.69. The standard InChI is InChI=1S/C19H21N/c1-19(2)16-11-7-8-12-17(16)20(3)18(19)14-13-15-9-5-4-6-10-15/h4-12,14H,13H2,1-3H3/b18-14-. The van der Waals surface area contributed by atoms with E-state index in [0.29, 0.717) is 0 Å². The third-order valence-corrected chi connectivity index (χ3v) is 4.31. The van der Waals surface area contributed by atoms with Crippen LogP contribution in [0.15, 0.2) is 66.4 Å². The molecule has 1 heteroatoms. The lowest BCUT2D eigenvalue weighted by Gasteiger charge is -2.24. The van der Waals surface area contributed by atoms with E-state index in [9.17, 15) is 0 Å². The molecule has 0 saturated heterocycles. The van der Waals surface area contributed by atoms with Crippen molar-refractivity contribution in [3.05, 3.63) is 77.5 Å². The maximum absolute atomic E-state index is 2.37. The molecule has 1 heterocycles. The van der Waals surface area contributed by atoms with Crippen molar-refractivity contribution in [1.82, 2.24) is 0 Å². The molecule has 0 aromatic heterocycles. The van der Waals surface area contributed by atoms with Crippen LogP contribution < -0.4 is 4.90 Å². The number of nitrogens with zero attached hydrogens (tertiary/aromatic N) is 1. The first-order valence-corrected chi connectivity index (χ1v) is 7.18. The number of rotatable bonds is 2. The summed E-state index contributed by atoms with van der Waals surface area (Å²) >= 11 is 0. The van der Waals surface area contributed by atoms with E-state index in [1.807, 2.05) is 0 Å². The molecular weight excluding hydrogens is 242 g/mol.